The largest absolute Gasteiger partial charge is 0.423 e. The van der Waals surface area contributed by atoms with Gasteiger partial charge in [0.2, 0.25) is 5.91 Å². The smallest absolute Gasteiger partial charge is 0.381 e. The molecule has 0 radical (unpaired) electrons. The molecule has 3 heterocycles. The number of nitrogens with one attached hydrogen (secondary N) is 2. The maximum absolute atomic E-state index is 13.0. The van der Waals surface area contributed by atoms with Gasteiger partial charge in [0.05, 0.1) is 36.6 Å². The van der Waals surface area contributed by atoms with Gasteiger partial charge in [-0.2, -0.15) is 23.5 Å². The highest BCUT2D eigenvalue weighted by atomic mass is 19.4. The van der Waals surface area contributed by atoms with Crippen LogP contribution in [-0.4, -0.2) is 71.4 Å². The predicted octanol–water partition coefficient (Wildman–Crippen LogP) is 1.61. The number of halogens is 3. The number of H-pyrrole nitrogens is 1. The molecule has 1 aliphatic rings. The number of amides is 1. The molecule has 0 bridgehead atoms. The third kappa shape index (κ3) is 6.44. The van der Waals surface area contributed by atoms with Crippen LogP contribution in [0.1, 0.15) is 24.5 Å². The van der Waals surface area contributed by atoms with Crippen molar-refractivity contribution in [3.05, 3.63) is 46.0 Å². The number of hydrogen-bond acceptors (Lipinski definition) is 8. The van der Waals surface area contributed by atoms with Gasteiger partial charge in [0, 0.05) is 38.9 Å². The normalized spacial score (nSPS) is 15.0. The summed E-state index contributed by atoms with van der Waals surface area (Å²) in [4.78, 5) is 32.1. The number of piperazine rings is 1. The van der Waals surface area contributed by atoms with E-state index in [-0.39, 0.29) is 25.5 Å². The molecule has 0 unspecified atom stereocenters. The Morgan fingerprint density at radius 3 is 2.65 bits per heavy atom. The number of hydrogen-bond donors (Lipinski definition) is 2. The standard InChI is InChI=1S/C21H24F3N7O3/c1-14(34-9-4-26-16-13-28-29-20(33)19(16)21(22,23)24)10-18(32)31-7-5-30(6-8-31)17-3-2-15(11-25)12-27-17/h2-3,12-14H,4-10H2,1H3,(H2,26,29,33)/t14-/m0/s1. The Labute approximate surface area is 193 Å². The first-order valence-electron chi connectivity index (χ1n) is 10.6. The number of aromatic amines is 1. The van der Waals surface area contributed by atoms with Crippen LogP contribution < -0.4 is 15.8 Å². The Kier molecular flexibility index (Phi) is 8.06. The highest BCUT2D eigenvalue weighted by Crippen LogP contribution is 2.31. The molecule has 34 heavy (non-hydrogen) atoms. The Morgan fingerprint density at radius 2 is 2.03 bits per heavy atom. The number of alkyl halides is 3. The van der Waals surface area contributed by atoms with E-state index < -0.39 is 29.1 Å². The van der Waals surface area contributed by atoms with Crippen molar-refractivity contribution < 1.29 is 22.7 Å². The molecule has 0 aromatic carbocycles. The van der Waals surface area contributed by atoms with E-state index in [2.05, 4.69) is 15.4 Å². The molecule has 0 saturated carbocycles. The highest BCUT2D eigenvalue weighted by molar-refractivity contribution is 5.77. The second-order valence-electron chi connectivity index (χ2n) is 7.68. The number of pyridine rings is 1. The summed E-state index contributed by atoms with van der Waals surface area (Å²) in [6.45, 7) is 4.00. The fourth-order valence-corrected chi connectivity index (χ4v) is 3.52. The van der Waals surface area contributed by atoms with Gasteiger partial charge in [-0.3, -0.25) is 9.59 Å². The number of carbonyl (C=O) groups excluding carboxylic acids is 1. The molecule has 2 N–H and O–H groups in total. The number of ether oxygens (including phenoxy) is 1. The topological polar surface area (TPSA) is 127 Å². The summed E-state index contributed by atoms with van der Waals surface area (Å²) in [7, 11) is 0. The molecule has 10 nitrogen and oxygen atoms in total. The van der Waals surface area contributed by atoms with Crippen molar-refractivity contribution in [1.29, 1.82) is 5.26 Å². The molecule has 0 aliphatic carbocycles. The lowest BCUT2D eigenvalue weighted by atomic mass is 10.2. The maximum atomic E-state index is 13.0. The van der Waals surface area contributed by atoms with Gasteiger partial charge in [-0.05, 0) is 19.1 Å². The van der Waals surface area contributed by atoms with Gasteiger partial charge in [0.25, 0.3) is 5.56 Å². The molecule has 13 heteroatoms. The van der Waals surface area contributed by atoms with Crippen LogP contribution in [0.25, 0.3) is 0 Å². The molecular weight excluding hydrogens is 455 g/mol. The second kappa shape index (κ2) is 11.0. The number of carbonyl (C=O) groups is 1. The maximum Gasteiger partial charge on any atom is 0.423 e. The van der Waals surface area contributed by atoms with E-state index >= 15 is 0 Å². The minimum atomic E-state index is -4.82. The van der Waals surface area contributed by atoms with Gasteiger partial charge in [-0.25, -0.2) is 10.1 Å². The quantitative estimate of drug-likeness (QED) is 0.547. The van der Waals surface area contributed by atoms with Crippen molar-refractivity contribution in [2.24, 2.45) is 0 Å². The zero-order valence-corrected chi connectivity index (χ0v) is 18.4. The Morgan fingerprint density at radius 1 is 1.29 bits per heavy atom. The van der Waals surface area contributed by atoms with Crippen molar-refractivity contribution in [3.63, 3.8) is 0 Å². The fraction of sp³-hybridized carbons (Fsp3) is 0.476. The molecule has 1 fully saturated rings. The average Bonchev–Trinajstić information content (AvgIpc) is 2.81. The SMILES string of the molecule is C[C@@H](CC(=O)N1CCN(c2ccc(C#N)cn2)CC1)OCCNc1cn[nH]c(=O)c1C(F)(F)F. The van der Waals surface area contributed by atoms with Crippen molar-refractivity contribution in [2.45, 2.75) is 25.6 Å². The summed E-state index contributed by atoms with van der Waals surface area (Å²) < 4.78 is 44.7. The van der Waals surface area contributed by atoms with Crippen LogP contribution in [-0.2, 0) is 15.7 Å². The first-order valence-corrected chi connectivity index (χ1v) is 10.6. The Hall–Kier alpha value is -3.66. The lowest BCUT2D eigenvalue weighted by Gasteiger charge is -2.35. The zero-order chi connectivity index (χ0) is 24.7. The van der Waals surface area contributed by atoms with E-state index in [1.54, 1.807) is 29.1 Å². The van der Waals surface area contributed by atoms with Crippen LogP contribution in [0.15, 0.2) is 29.3 Å². The first kappa shape index (κ1) is 25.0. The van der Waals surface area contributed by atoms with E-state index in [1.807, 2.05) is 11.0 Å². The summed E-state index contributed by atoms with van der Waals surface area (Å²) in [5, 5.41) is 16.5. The molecule has 1 aliphatic heterocycles. The molecule has 3 rings (SSSR count). The molecule has 182 valence electrons. The van der Waals surface area contributed by atoms with Gasteiger partial charge in [-0.1, -0.05) is 0 Å². The molecule has 1 atom stereocenters. The van der Waals surface area contributed by atoms with E-state index in [1.165, 1.54) is 6.20 Å². The van der Waals surface area contributed by atoms with Crippen LogP contribution >= 0.6 is 0 Å². The third-order valence-electron chi connectivity index (χ3n) is 5.25. The average molecular weight is 479 g/mol. The number of aromatic nitrogens is 3. The van der Waals surface area contributed by atoms with Crippen molar-refractivity contribution >= 4 is 17.4 Å². The van der Waals surface area contributed by atoms with Crippen LogP contribution in [0, 0.1) is 11.3 Å². The first-order chi connectivity index (χ1) is 16.2. The molecule has 1 amide bonds. The molecule has 2 aromatic rings. The Bertz CT molecular complexity index is 1070. The lowest BCUT2D eigenvalue weighted by Crippen LogP contribution is -2.49. The number of nitriles is 1. The number of nitrogens with zero attached hydrogens (tertiary/aromatic N) is 5. The van der Waals surface area contributed by atoms with Crippen molar-refractivity contribution in [1.82, 2.24) is 20.1 Å². The van der Waals surface area contributed by atoms with E-state index in [4.69, 9.17) is 10.00 Å². The summed E-state index contributed by atoms with van der Waals surface area (Å²) in [5.41, 5.74) is -2.62. The van der Waals surface area contributed by atoms with Crippen LogP contribution in [0.4, 0.5) is 24.7 Å². The minimum absolute atomic E-state index is 0.00299. The monoisotopic (exact) mass is 479 g/mol. The molecular formula is C21H24F3N7O3. The van der Waals surface area contributed by atoms with E-state index in [0.717, 1.165) is 12.0 Å². The number of rotatable bonds is 8. The fourth-order valence-electron chi connectivity index (χ4n) is 3.52. The van der Waals surface area contributed by atoms with Gasteiger partial charge in [-0.15, -0.1) is 0 Å². The van der Waals surface area contributed by atoms with E-state index in [0.29, 0.717) is 31.7 Å². The summed E-state index contributed by atoms with van der Waals surface area (Å²) in [5.74, 6) is 0.672. The van der Waals surface area contributed by atoms with Crippen LogP contribution in [0.3, 0.4) is 0 Å². The highest BCUT2D eigenvalue weighted by Gasteiger charge is 2.37. The van der Waals surface area contributed by atoms with Crippen molar-refractivity contribution in [2.75, 3.05) is 49.5 Å². The molecule has 2 aromatic heterocycles. The van der Waals surface area contributed by atoms with Crippen molar-refractivity contribution in [3.8, 4) is 6.07 Å². The van der Waals surface area contributed by atoms with Gasteiger partial charge < -0.3 is 19.9 Å². The van der Waals surface area contributed by atoms with Gasteiger partial charge in [0.1, 0.15) is 17.5 Å². The summed E-state index contributed by atoms with van der Waals surface area (Å²) in [6.07, 6.45) is -2.72. The molecule has 0 spiro atoms. The van der Waals surface area contributed by atoms with E-state index in [9.17, 15) is 22.8 Å². The zero-order valence-electron chi connectivity index (χ0n) is 18.4. The summed E-state index contributed by atoms with van der Waals surface area (Å²) in [6, 6.07) is 5.50. The predicted molar refractivity (Wildman–Crippen MR) is 116 cm³/mol. The van der Waals surface area contributed by atoms with Gasteiger partial charge in [0.15, 0.2) is 0 Å². The summed E-state index contributed by atoms with van der Waals surface area (Å²) >= 11 is 0. The number of anilines is 2. The lowest BCUT2D eigenvalue weighted by molar-refractivity contribution is -0.138. The Balaban J connectivity index is 1.40. The second-order valence-corrected chi connectivity index (χ2v) is 7.68. The van der Waals surface area contributed by atoms with Crippen LogP contribution in [0.5, 0.6) is 0 Å². The minimum Gasteiger partial charge on any atom is -0.381 e. The third-order valence-corrected chi connectivity index (χ3v) is 5.25. The van der Waals surface area contributed by atoms with Crippen LogP contribution in [0.2, 0.25) is 0 Å². The van der Waals surface area contributed by atoms with Gasteiger partial charge >= 0.3 is 6.18 Å². The molecule has 1 saturated heterocycles.